The summed E-state index contributed by atoms with van der Waals surface area (Å²) in [5.74, 6) is 0. The van der Waals surface area contributed by atoms with Gasteiger partial charge < -0.3 is 9.67 Å². The van der Waals surface area contributed by atoms with Gasteiger partial charge in [0, 0.05) is 18.5 Å². The summed E-state index contributed by atoms with van der Waals surface area (Å²) in [6.45, 7) is 3.50. The van der Waals surface area contributed by atoms with Crippen molar-refractivity contribution in [2.24, 2.45) is 0 Å². The molecule has 0 spiro atoms. The van der Waals surface area contributed by atoms with E-state index in [4.69, 9.17) is 0 Å². The van der Waals surface area contributed by atoms with Crippen molar-refractivity contribution >= 4 is 16.6 Å². The predicted octanol–water partition coefficient (Wildman–Crippen LogP) is 0.772. The van der Waals surface area contributed by atoms with Crippen LogP contribution >= 0.6 is 0 Å². The van der Waals surface area contributed by atoms with E-state index in [0.717, 1.165) is 0 Å². The van der Waals surface area contributed by atoms with Crippen molar-refractivity contribution in [2.45, 2.75) is 19.4 Å². The van der Waals surface area contributed by atoms with E-state index < -0.39 is 5.54 Å². The van der Waals surface area contributed by atoms with E-state index in [1.54, 1.807) is 43.0 Å². The molecule has 0 saturated carbocycles. The van der Waals surface area contributed by atoms with E-state index >= 15 is 0 Å². The minimum absolute atomic E-state index is 0.115. The van der Waals surface area contributed by atoms with Crippen LogP contribution in [0.2, 0.25) is 0 Å². The van der Waals surface area contributed by atoms with E-state index in [1.807, 2.05) is 6.07 Å². The molecule has 6 nitrogen and oxygen atoms in total. The first kappa shape index (κ1) is 11.9. The maximum Gasteiger partial charge on any atom is 0.262 e. The molecule has 0 aromatic carbocycles. The fraction of sp³-hybridized carbons (Fsp3) is 0.308. The van der Waals surface area contributed by atoms with Gasteiger partial charge >= 0.3 is 0 Å². The molecule has 6 heteroatoms. The van der Waals surface area contributed by atoms with Crippen LogP contribution in [-0.4, -0.2) is 30.9 Å². The van der Waals surface area contributed by atoms with E-state index in [9.17, 15) is 9.90 Å². The van der Waals surface area contributed by atoms with Gasteiger partial charge in [0.1, 0.15) is 0 Å². The Morgan fingerprint density at radius 3 is 2.89 bits per heavy atom. The third kappa shape index (κ3) is 1.64. The van der Waals surface area contributed by atoms with Gasteiger partial charge in [-0.15, -0.1) is 0 Å². The summed E-state index contributed by atoms with van der Waals surface area (Å²) in [7, 11) is 0. The van der Waals surface area contributed by atoms with Crippen molar-refractivity contribution in [1.82, 2.24) is 19.2 Å². The van der Waals surface area contributed by atoms with Gasteiger partial charge in [0.05, 0.1) is 29.2 Å². The van der Waals surface area contributed by atoms with Gasteiger partial charge in [-0.2, -0.15) is 5.10 Å². The lowest BCUT2D eigenvalue weighted by Crippen LogP contribution is -2.38. The summed E-state index contributed by atoms with van der Waals surface area (Å²) in [6, 6.07) is 3.60. The maximum absolute atomic E-state index is 12.5. The minimum Gasteiger partial charge on any atom is -0.394 e. The van der Waals surface area contributed by atoms with Crippen LogP contribution < -0.4 is 5.56 Å². The number of nitrogens with zero attached hydrogens (tertiary/aromatic N) is 4. The predicted molar refractivity (Wildman–Crippen MR) is 71.2 cm³/mol. The third-order valence-electron chi connectivity index (χ3n) is 3.32. The highest BCUT2D eigenvalue weighted by atomic mass is 16.3. The van der Waals surface area contributed by atoms with Gasteiger partial charge in [0.25, 0.3) is 5.56 Å². The Labute approximate surface area is 108 Å². The Balaban J connectivity index is 2.40. The van der Waals surface area contributed by atoms with E-state index in [-0.39, 0.29) is 12.2 Å². The highest BCUT2D eigenvalue weighted by Gasteiger charge is 2.21. The van der Waals surface area contributed by atoms with Crippen molar-refractivity contribution in [2.75, 3.05) is 6.61 Å². The van der Waals surface area contributed by atoms with Crippen LogP contribution in [0.1, 0.15) is 13.8 Å². The molecule has 1 N–H and O–H groups in total. The summed E-state index contributed by atoms with van der Waals surface area (Å²) in [4.78, 5) is 16.7. The molecule has 98 valence electrons. The molecule has 0 aliphatic heterocycles. The standard InChI is InChI=1S/C13H14N4O2/c1-13(2,8-18)16-6-4-10-9(12(16)19)7-14-11-3-5-15-17(10)11/h3-7,18H,8H2,1-2H3. The Bertz CT molecular complexity index is 816. The molecule has 3 rings (SSSR count). The molecule has 0 aliphatic carbocycles. The number of rotatable bonds is 2. The lowest BCUT2D eigenvalue weighted by atomic mass is 10.1. The van der Waals surface area contributed by atoms with Crippen molar-refractivity contribution in [3.05, 3.63) is 41.1 Å². The lowest BCUT2D eigenvalue weighted by molar-refractivity contribution is 0.161. The molecule has 0 bridgehead atoms. The molecular formula is C13H14N4O2. The Kier molecular flexibility index (Phi) is 2.43. The second-order valence-corrected chi connectivity index (χ2v) is 5.12. The largest absolute Gasteiger partial charge is 0.394 e. The lowest BCUT2D eigenvalue weighted by Gasteiger charge is -2.25. The zero-order valence-corrected chi connectivity index (χ0v) is 10.7. The molecule has 0 fully saturated rings. The summed E-state index contributed by atoms with van der Waals surface area (Å²) in [5.41, 5.74) is 0.585. The van der Waals surface area contributed by atoms with Gasteiger partial charge in [-0.1, -0.05) is 0 Å². The molecule has 19 heavy (non-hydrogen) atoms. The average Bonchev–Trinajstić information content (AvgIpc) is 2.87. The Hall–Kier alpha value is -2.21. The number of aromatic nitrogens is 4. The summed E-state index contributed by atoms with van der Waals surface area (Å²) >= 11 is 0. The molecule has 0 amide bonds. The number of pyridine rings is 1. The first-order valence-electron chi connectivity index (χ1n) is 6.00. The van der Waals surface area contributed by atoms with Crippen LogP contribution in [0, 0.1) is 0 Å². The quantitative estimate of drug-likeness (QED) is 0.737. The molecule has 0 saturated heterocycles. The summed E-state index contributed by atoms with van der Waals surface area (Å²) in [5, 5.41) is 14.0. The molecule has 3 heterocycles. The number of hydrogen-bond donors (Lipinski definition) is 1. The van der Waals surface area contributed by atoms with Crippen LogP contribution in [-0.2, 0) is 5.54 Å². The second kappa shape index (κ2) is 3.89. The highest BCUT2D eigenvalue weighted by Crippen LogP contribution is 2.15. The molecule has 0 atom stereocenters. The zero-order valence-electron chi connectivity index (χ0n) is 10.7. The van der Waals surface area contributed by atoms with Gasteiger partial charge in [-0.3, -0.25) is 4.79 Å². The molecule has 3 aromatic rings. The van der Waals surface area contributed by atoms with Crippen LogP contribution in [0.25, 0.3) is 16.6 Å². The van der Waals surface area contributed by atoms with Gasteiger partial charge in [0.2, 0.25) is 0 Å². The van der Waals surface area contributed by atoms with E-state index in [2.05, 4.69) is 10.1 Å². The minimum atomic E-state index is -0.648. The van der Waals surface area contributed by atoms with E-state index in [1.165, 1.54) is 4.57 Å². The van der Waals surface area contributed by atoms with Gasteiger partial charge in [0.15, 0.2) is 5.65 Å². The number of aliphatic hydroxyl groups is 1. The molecule has 0 radical (unpaired) electrons. The fourth-order valence-electron chi connectivity index (χ4n) is 2.11. The van der Waals surface area contributed by atoms with Gasteiger partial charge in [-0.05, 0) is 19.9 Å². The molecular weight excluding hydrogens is 244 g/mol. The average molecular weight is 258 g/mol. The number of fused-ring (bicyclic) bond motifs is 3. The SMILES string of the molecule is CC(C)(CO)n1ccc2c(cnc3ccnn32)c1=O. The molecule has 0 aliphatic rings. The van der Waals surface area contributed by atoms with Crippen LogP contribution in [0.5, 0.6) is 0 Å². The fourth-order valence-corrected chi connectivity index (χ4v) is 2.11. The third-order valence-corrected chi connectivity index (χ3v) is 3.32. The first-order chi connectivity index (χ1) is 9.04. The maximum atomic E-state index is 12.5. The normalized spacial score (nSPS) is 12.4. The molecule has 0 unspecified atom stereocenters. The van der Waals surface area contributed by atoms with Crippen molar-refractivity contribution in [3.8, 4) is 0 Å². The Morgan fingerprint density at radius 1 is 1.37 bits per heavy atom. The van der Waals surface area contributed by atoms with Crippen molar-refractivity contribution in [1.29, 1.82) is 0 Å². The van der Waals surface area contributed by atoms with Crippen molar-refractivity contribution < 1.29 is 5.11 Å². The smallest absolute Gasteiger partial charge is 0.262 e. The summed E-state index contributed by atoms with van der Waals surface area (Å²) < 4.78 is 3.15. The van der Waals surface area contributed by atoms with Crippen LogP contribution in [0.15, 0.2) is 35.5 Å². The molecule has 3 aromatic heterocycles. The monoisotopic (exact) mass is 258 g/mol. The van der Waals surface area contributed by atoms with E-state index in [0.29, 0.717) is 16.6 Å². The highest BCUT2D eigenvalue weighted by molar-refractivity contribution is 5.79. The topological polar surface area (TPSA) is 72.4 Å². The van der Waals surface area contributed by atoms with Gasteiger partial charge in [-0.25, -0.2) is 9.50 Å². The second-order valence-electron chi connectivity index (χ2n) is 5.12. The van der Waals surface area contributed by atoms with Crippen LogP contribution in [0.4, 0.5) is 0 Å². The first-order valence-corrected chi connectivity index (χ1v) is 6.00. The number of aliphatic hydroxyl groups excluding tert-OH is 1. The number of hydrogen-bond acceptors (Lipinski definition) is 4. The van der Waals surface area contributed by atoms with Crippen molar-refractivity contribution in [3.63, 3.8) is 0 Å². The zero-order chi connectivity index (χ0) is 13.6. The summed E-state index contributed by atoms with van der Waals surface area (Å²) in [6.07, 6.45) is 4.88. The van der Waals surface area contributed by atoms with Crippen LogP contribution in [0.3, 0.4) is 0 Å². The Morgan fingerprint density at radius 2 is 2.16 bits per heavy atom.